The fourth-order valence-electron chi connectivity index (χ4n) is 2.84. The molecule has 0 unspecified atom stereocenters. The molecule has 1 aliphatic rings. The van der Waals surface area contributed by atoms with Crippen molar-refractivity contribution >= 4 is 45.6 Å². The zero-order chi connectivity index (χ0) is 17.5. The lowest BCUT2D eigenvalue weighted by atomic mass is 10.0. The smallest absolute Gasteiger partial charge is 0.176 e. The lowest BCUT2D eigenvalue weighted by molar-refractivity contribution is 0.249. The Balaban J connectivity index is 1.85. The summed E-state index contributed by atoms with van der Waals surface area (Å²) in [5.41, 5.74) is 2.19. The molecule has 1 saturated heterocycles. The van der Waals surface area contributed by atoms with Gasteiger partial charge in [0.15, 0.2) is 10.3 Å². The van der Waals surface area contributed by atoms with Crippen LogP contribution in [0, 0.1) is 5.41 Å². The van der Waals surface area contributed by atoms with Crippen LogP contribution in [0.25, 0.3) is 0 Å². The van der Waals surface area contributed by atoms with Crippen molar-refractivity contribution in [3.63, 3.8) is 0 Å². The van der Waals surface area contributed by atoms with Crippen molar-refractivity contribution in [1.29, 1.82) is 5.41 Å². The summed E-state index contributed by atoms with van der Waals surface area (Å²) in [6.45, 7) is 4.21. The number of thioether (sulfide) groups is 1. The Kier molecular flexibility index (Phi) is 7.33. The zero-order valence-corrected chi connectivity index (χ0v) is 16.3. The first-order chi connectivity index (χ1) is 11.5. The SMILES string of the molecule is CCSC(=N)NC(=S)Nc1ccc(N2CCC(N(C)C)CC2)cc1. The molecule has 1 aromatic rings. The highest BCUT2D eigenvalue weighted by molar-refractivity contribution is 8.13. The average Bonchev–Trinajstić information content (AvgIpc) is 2.55. The molecule has 24 heavy (non-hydrogen) atoms. The van der Waals surface area contributed by atoms with Crippen LogP contribution in [0.5, 0.6) is 0 Å². The van der Waals surface area contributed by atoms with Gasteiger partial charge in [0.05, 0.1) is 0 Å². The number of amidine groups is 1. The topological polar surface area (TPSA) is 54.4 Å². The first-order valence-corrected chi connectivity index (χ1v) is 9.69. The number of nitrogens with zero attached hydrogens (tertiary/aromatic N) is 2. The van der Waals surface area contributed by atoms with Crippen LogP contribution in [0.2, 0.25) is 0 Å². The van der Waals surface area contributed by atoms with E-state index in [9.17, 15) is 0 Å². The van der Waals surface area contributed by atoms with Gasteiger partial charge in [-0.1, -0.05) is 18.7 Å². The molecule has 1 heterocycles. The number of anilines is 2. The van der Waals surface area contributed by atoms with Crippen molar-refractivity contribution in [2.75, 3.05) is 43.2 Å². The van der Waals surface area contributed by atoms with Gasteiger partial charge in [-0.2, -0.15) is 0 Å². The second-order valence-corrected chi connectivity index (χ2v) is 7.75. The molecule has 132 valence electrons. The van der Waals surface area contributed by atoms with E-state index in [2.05, 4.69) is 46.7 Å². The Labute approximate surface area is 154 Å². The van der Waals surface area contributed by atoms with Crippen LogP contribution in [-0.2, 0) is 0 Å². The average molecular weight is 366 g/mol. The molecule has 3 N–H and O–H groups in total. The minimum atomic E-state index is 0.371. The van der Waals surface area contributed by atoms with Gasteiger partial charge in [-0.3, -0.25) is 5.41 Å². The summed E-state index contributed by atoms with van der Waals surface area (Å²) >= 11 is 6.66. The Bertz CT molecular complexity index is 551. The lowest BCUT2D eigenvalue weighted by Gasteiger charge is -2.36. The van der Waals surface area contributed by atoms with Gasteiger partial charge < -0.3 is 20.4 Å². The Morgan fingerprint density at radius 2 is 1.92 bits per heavy atom. The zero-order valence-electron chi connectivity index (χ0n) is 14.6. The summed E-state index contributed by atoms with van der Waals surface area (Å²) in [5, 5.41) is 14.5. The van der Waals surface area contributed by atoms with E-state index in [4.69, 9.17) is 17.6 Å². The number of nitrogens with one attached hydrogen (secondary N) is 3. The summed E-state index contributed by atoms with van der Waals surface area (Å²) in [6, 6.07) is 9.04. The molecule has 0 saturated carbocycles. The van der Waals surface area contributed by atoms with Gasteiger partial charge in [-0.25, -0.2) is 0 Å². The molecule has 1 aliphatic heterocycles. The third-order valence-electron chi connectivity index (χ3n) is 4.20. The van der Waals surface area contributed by atoms with E-state index in [0.717, 1.165) is 24.5 Å². The third-order valence-corrected chi connectivity index (χ3v) is 5.08. The van der Waals surface area contributed by atoms with E-state index in [1.54, 1.807) is 0 Å². The van der Waals surface area contributed by atoms with Crippen molar-refractivity contribution in [2.45, 2.75) is 25.8 Å². The summed E-state index contributed by atoms with van der Waals surface area (Å²) < 4.78 is 0. The fourth-order valence-corrected chi connectivity index (χ4v) is 3.59. The quantitative estimate of drug-likeness (QED) is 0.433. The lowest BCUT2D eigenvalue weighted by Crippen LogP contribution is -2.41. The van der Waals surface area contributed by atoms with Crippen LogP contribution in [0.15, 0.2) is 24.3 Å². The maximum atomic E-state index is 7.71. The molecule has 2 rings (SSSR count). The van der Waals surface area contributed by atoms with Gasteiger partial charge in [0.1, 0.15) is 0 Å². The summed E-state index contributed by atoms with van der Waals surface area (Å²) in [5.74, 6) is 0.855. The molecule has 0 bridgehead atoms. The molecular formula is C17H27N5S2. The van der Waals surface area contributed by atoms with Crippen LogP contribution in [-0.4, -0.2) is 54.2 Å². The van der Waals surface area contributed by atoms with Gasteiger partial charge in [0, 0.05) is 30.5 Å². The minimum Gasteiger partial charge on any atom is -0.371 e. The Morgan fingerprint density at radius 1 is 1.29 bits per heavy atom. The van der Waals surface area contributed by atoms with Crippen molar-refractivity contribution in [1.82, 2.24) is 10.2 Å². The molecule has 0 radical (unpaired) electrons. The predicted molar refractivity (Wildman–Crippen MR) is 111 cm³/mol. The molecular weight excluding hydrogens is 338 g/mol. The number of hydrogen-bond donors (Lipinski definition) is 3. The van der Waals surface area contributed by atoms with E-state index >= 15 is 0 Å². The van der Waals surface area contributed by atoms with Crippen molar-refractivity contribution in [2.24, 2.45) is 0 Å². The normalized spacial score (nSPS) is 15.4. The monoisotopic (exact) mass is 365 g/mol. The van der Waals surface area contributed by atoms with E-state index in [-0.39, 0.29) is 0 Å². The molecule has 0 spiro atoms. The van der Waals surface area contributed by atoms with Gasteiger partial charge in [0.25, 0.3) is 0 Å². The van der Waals surface area contributed by atoms with Crippen LogP contribution in [0.3, 0.4) is 0 Å². The summed E-state index contributed by atoms with van der Waals surface area (Å²) in [7, 11) is 4.33. The second kappa shape index (κ2) is 9.25. The largest absolute Gasteiger partial charge is 0.371 e. The highest BCUT2D eigenvalue weighted by Crippen LogP contribution is 2.23. The third kappa shape index (κ3) is 5.65. The second-order valence-electron chi connectivity index (χ2n) is 6.07. The van der Waals surface area contributed by atoms with Crippen molar-refractivity contribution in [3.8, 4) is 0 Å². The van der Waals surface area contributed by atoms with Crippen molar-refractivity contribution < 1.29 is 0 Å². The highest BCUT2D eigenvalue weighted by Gasteiger charge is 2.20. The van der Waals surface area contributed by atoms with E-state index in [1.807, 2.05) is 19.1 Å². The molecule has 0 amide bonds. The number of benzene rings is 1. The first-order valence-electron chi connectivity index (χ1n) is 8.30. The maximum Gasteiger partial charge on any atom is 0.176 e. The van der Waals surface area contributed by atoms with Crippen LogP contribution in [0.4, 0.5) is 11.4 Å². The Hall–Kier alpha value is -1.31. The minimum absolute atomic E-state index is 0.371. The molecule has 0 atom stereocenters. The van der Waals surface area contributed by atoms with Gasteiger partial charge >= 0.3 is 0 Å². The van der Waals surface area contributed by atoms with E-state index < -0.39 is 0 Å². The fraction of sp³-hybridized carbons (Fsp3) is 0.529. The first kappa shape index (κ1) is 19.0. The maximum absolute atomic E-state index is 7.71. The predicted octanol–water partition coefficient (Wildman–Crippen LogP) is 3.19. The summed E-state index contributed by atoms with van der Waals surface area (Å²) in [4.78, 5) is 4.76. The summed E-state index contributed by atoms with van der Waals surface area (Å²) in [6.07, 6.45) is 2.41. The van der Waals surface area contributed by atoms with Crippen LogP contribution >= 0.6 is 24.0 Å². The number of rotatable bonds is 4. The molecule has 1 fully saturated rings. The molecule has 1 aromatic carbocycles. The number of hydrogen-bond acceptors (Lipinski definition) is 5. The molecule has 7 heteroatoms. The van der Waals surface area contributed by atoms with Gasteiger partial charge in [-0.15, -0.1) is 0 Å². The van der Waals surface area contributed by atoms with Crippen molar-refractivity contribution in [3.05, 3.63) is 24.3 Å². The number of piperidine rings is 1. The highest BCUT2D eigenvalue weighted by atomic mass is 32.2. The van der Waals surface area contributed by atoms with Gasteiger partial charge in [0.2, 0.25) is 0 Å². The molecule has 0 aromatic heterocycles. The van der Waals surface area contributed by atoms with Gasteiger partial charge in [-0.05, 0) is 69.2 Å². The van der Waals surface area contributed by atoms with Crippen LogP contribution in [0.1, 0.15) is 19.8 Å². The van der Waals surface area contributed by atoms with E-state index in [0.29, 0.717) is 16.3 Å². The standard InChI is InChI=1S/C17H27N5S2/c1-4-24-16(18)20-17(23)19-13-5-7-15(8-6-13)22-11-9-14(10-12-22)21(2)3/h5-8,14H,4,9-12H2,1-3H3,(H3,18,19,20,23). The molecule has 5 nitrogen and oxygen atoms in total. The molecule has 0 aliphatic carbocycles. The number of thiocarbonyl (C=S) groups is 1. The van der Waals surface area contributed by atoms with E-state index in [1.165, 1.54) is 30.3 Å². The van der Waals surface area contributed by atoms with Crippen LogP contribution < -0.4 is 15.5 Å². The Morgan fingerprint density at radius 3 is 2.46 bits per heavy atom.